The molecule has 6 nitrogen and oxygen atoms in total. The van der Waals surface area contributed by atoms with Crippen LogP contribution in [0.25, 0.3) is 11.3 Å². The van der Waals surface area contributed by atoms with Crippen molar-refractivity contribution in [3.63, 3.8) is 0 Å². The number of benzene rings is 1. The first-order chi connectivity index (χ1) is 13.6. The number of carboxylic acids is 1. The lowest BCUT2D eigenvalue weighted by molar-refractivity contribution is -0.192. The number of aryl methyl sites for hydroxylation is 1. The molecule has 1 aromatic heterocycles. The maximum atomic E-state index is 11.5. The lowest BCUT2D eigenvalue weighted by atomic mass is 10.0. The number of carbonyl (C=O) groups excluding carboxylic acids is 1. The number of aromatic nitrogens is 1. The van der Waals surface area contributed by atoms with E-state index >= 15 is 0 Å². The van der Waals surface area contributed by atoms with Gasteiger partial charge in [0.2, 0.25) is 5.91 Å². The Balaban J connectivity index is 0.000000298. The number of rotatable bonds is 2. The Morgan fingerprint density at radius 1 is 1.34 bits per heavy atom. The topological polar surface area (TPSA) is 91.3 Å². The molecule has 2 aliphatic rings. The number of alkyl halides is 3. The fourth-order valence-corrected chi connectivity index (χ4v) is 4.38. The van der Waals surface area contributed by atoms with E-state index in [1.165, 1.54) is 22.7 Å². The Kier molecular flexibility index (Phi) is 6.23. The van der Waals surface area contributed by atoms with E-state index in [4.69, 9.17) is 14.9 Å². The maximum absolute atomic E-state index is 11.5. The monoisotopic (exact) mass is 427 g/mol. The van der Waals surface area contributed by atoms with Crippen molar-refractivity contribution in [3.05, 3.63) is 33.6 Å². The molecule has 0 spiro atoms. The summed E-state index contributed by atoms with van der Waals surface area (Å²) in [4.78, 5) is 26.6. The first-order valence-electron chi connectivity index (χ1n) is 9.06. The smallest absolute Gasteiger partial charge is 0.475 e. The number of nitrogens with one attached hydrogen (secondary N) is 2. The van der Waals surface area contributed by atoms with Crippen LogP contribution in [0.1, 0.15) is 34.2 Å². The van der Waals surface area contributed by atoms with Gasteiger partial charge < -0.3 is 15.7 Å². The first kappa shape index (κ1) is 21.3. The van der Waals surface area contributed by atoms with Gasteiger partial charge in [0.1, 0.15) is 0 Å². The molecule has 10 heteroatoms. The number of carbonyl (C=O) groups is 2. The quantitative estimate of drug-likeness (QED) is 0.680. The third kappa shape index (κ3) is 5.13. The van der Waals surface area contributed by atoms with Gasteiger partial charge in [0.25, 0.3) is 0 Å². The third-order valence-corrected chi connectivity index (χ3v) is 5.84. The third-order valence-electron chi connectivity index (χ3n) is 4.71. The Labute approximate surface area is 169 Å². The molecular formula is C19H20F3N3O3S. The minimum Gasteiger partial charge on any atom is -0.475 e. The molecular weight excluding hydrogens is 407 g/mol. The largest absolute Gasteiger partial charge is 0.490 e. The van der Waals surface area contributed by atoms with Crippen LogP contribution in [-0.4, -0.2) is 41.2 Å². The number of thiazole rings is 1. The number of anilines is 1. The van der Waals surface area contributed by atoms with E-state index in [1.54, 1.807) is 0 Å². The second kappa shape index (κ2) is 8.50. The Bertz CT molecular complexity index is 921. The van der Waals surface area contributed by atoms with Crippen LogP contribution < -0.4 is 10.6 Å². The van der Waals surface area contributed by atoms with Gasteiger partial charge in [-0.2, -0.15) is 13.2 Å². The fraction of sp³-hybridized carbons (Fsp3) is 0.421. The number of hydrogen-bond donors (Lipinski definition) is 3. The predicted octanol–water partition coefficient (Wildman–Crippen LogP) is 3.71. The molecule has 0 aliphatic carbocycles. The van der Waals surface area contributed by atoms with Gasteiger partial charge in [-0.15, -0.1) is 11.3 Å². The predicted molar refractivity (Wildman–Crippen MR) is 103 cm³/mol. The van der Waals surface area contributed by atoms with Crippen LogP contribution in [-0.2, 0) is 16.0 Å². The first-order valence-corrected chi connectivity index (χ1v) is 9.88. The molecule has 0 saturated carbocycles. The molecule has 0 radical (unpaired) electrons. The van der Waals surface area contributed by atoms with E-state index in [0.29, 0.717) is 12.3 Å². The molecule has 29 heavy (non-hydrogen) atoms. The minimum atomic E-state index is -5.08. The lowest BCUT2D eigenvalue weighted by Crippen LogP contribution is -2.28. The highest BCUT2D eigenvalue weighted by Gasteiger charge is 2.38. The average molecular weight is 427 g/mol. The average Bonchev–Trinajstić information content (AvgIpc) is 3.23. The SMILES string of the molecule is Cc1sc(C2CCCNC2)nc1-c1ccc2c(c1)CC(=O)N2.O=C(O)C(F)(F)F. The summed E-state index contributed by atoms with van der Waals surface area (Å²) in [6.45, 7) is 4.30. The van der Waals surface area contributed by atoms with Crippen LogP contribution in [0.3, 0.4) is 0 Å². The van der Waals surface area contributed by atoms with Gasteiger partial charge in [-0.1, -0.05) is 6.07 Å². The Morgan fingerprint density at radius 2 is 2.07 bits per heavy atom. The van der Waals surface area contributed by atoms with E-state index in [0.717, 1.165) is 35.6 Å². The van der Waals surface area contributed by atoms with Crippen molar-refractivity contribution >= 4 is 28.9 Å². The van der Waals surface area contributed by atoms with Crippen LogP contribution in [0.5, 0.6) is 0 Å². The zero-order chi connectivity index (χ0) is 21.2. The molecule has 2 aromatic rings. The fourth-order valence-electron chi connectivity index (χ4n) is 3.30. The van der Waals surface area contributed by atoms with E-state index in [-0.39, 0.29) is 5.91 Å². The van der Waals surface area contributed by atoms with Gasteiger partial charge in [-0.25, -0.2) is 9.78 Å². The molecule has 3 N–H and O–H groups in total. The highest BCUT2D eigenvalue weighted by atomic mass is 32.1. The van der Waals surface area contributed by atoms with Crippen LogP contribution in [0.4, 0.5) is 18.9 Å². The molecule has 156 valence electrons. The zero-order valence-electron chi connectivity index (χ0n) is 15.6. The molecule has 1 saturated heterocycles. The number of carboxylic acid groups (broad SMARTS) is 1. The summed E-state index contributed by atoms with van der Waals surface area (Å²) in [5, 5.41) is 14.7. The number of piperidine rings is 1. The number of amides is 1. The van der Waals surface area contributed by atoms with Gasteiger partial charge in [-0.3, -0.25) is 4.79 Å². The summed E-state index contributed by atoms with van der Waals surface area (Å²) in [6, 6.07) is 6.17. The van der Waals surface area contributed by atoms with E-state index in [9.17, 15) is 18.0 Å². The number of nitrogens with zero attached hydrogens (tertiary/aromatic N) is 1. The van der Waals surface area contributed by atoms with Crippen molar-refractivity contribution in [1.29, 1.82) is 0 Å². The van der Waals surface area contributed by atoms with Crippen LogP contribution >= 0.6 is 11.3 Å². The van der Waals surface area contributed by atoms with Crippen molar-refractivity contribution in [2.45, 2.75) is 38.3 Å². The number of hydrogen-bond acceptors (Lipinski definition) is 5. The standard InChI is InChI=1S/C17H19N3OS.C2HF3O2/c1-10-16(20-17(22-10)12-3-2-6-18-9-12)11-4-5-14-13(7-11)8-15(21)19-14;3-2(4,5)1(6)7/h4-5,7,12,18H,2-3,6,8-9H2,1H3,(H,19,21);(H,6,7). The summed E-state index contributed by atoms with van der Waals surface area (Å²) < 4.78 is 31.7. The highest BCUT2D eigenvalue weighted by molar-refractivity contribution is 7.12. The van der Waals surface area contributed by atoms with Crippen molar-refractivity contribution in [2.75, 3.05) is 18.4 Å². The number of halogens is 3. The van der Waals surface area contributed by atoms with Crippen molar-refractivity contribution in [1.82, 2.24) is 10.3 Å². The van der Waals surface area contributed by atoms with Gasteiger partial charge in [0.15, 0.2) is 0 Å². The molecule has 1 unspecified atom stereocenters. The Hall–Kier alpha value is -2.46. The highest BCUT2D eigenvalue weighted by Crippen LogP contribution is 2.35. The summed E-state index contributed by atoms with van der Waals surface area (Å²) in [5.74, 6) is -2.13. The van der Waals surface area contributed by atoms with Crippen LogP contribution in [0, 0.1) is 6.92 Å². The van der Waals surface area contributed by atoms with Gasteiger partial charge in [0, 0.05) is 28.6 Å². The van der Waals surface area contributed by atoms with Crippen LogP contribution in [0.15, 0.2) is 18.2 Å². The molecule has 0 bridgehead atoms. The van der Waals surface area contributed by atoms with Crippen molar-refractivity contribution in [2.24, 2.45) is 0 Å². The maximum Gasteiger partial charge on any atom is 0.490 e. The summed E-state index contributed by atoms with van der Waals surface area (Å²) in [6.07, 6.45) is -2.15. The molecule has 4 rings (SSSR count). The van der Waals surface area contributed by atoms with E-state index in [2.05, 4.69) is 29.7 Å². The summed E-state index contributed by atoms with van der Waals surface area (Å²) >= 11 is 1.82. The molecule has 1 fully saturated rings. The lowest BCUT2D eigenvalue weighted by Gasteiger charge is -2.20. The molecule has 1 amide bonds. The normalized spacial score (nSPS) is 18.5. The molecule has 2 aliphatic heterocycles. The summed E-state index contributed by atoms with van der Waals surface area (Å²) in [5.41, 5.74) is 4.22. The van der Waals surface area contributed by atoms with Gasteiger partial charge in [0.05, 0.1) is 17.1 Å². The van der Waals surface area contributed by atoms with Crippen molar-refractivity contribution < 1.29 is 27.9 Å². The number of fused-ring (bicyclic) bond motifs is 1. The second-order valence-corrected chi connectivity index (χ2v) is 8.13. The Morgan fingerprint density at radius 3 is 2.69 bits per heavy atom. The molecule has 1 atom stereocenters. The van der Waals surface area contributed by atoms with E-state index in [1.807, 2.05) is 17.4 Å². The van der Waals surface area contributed by atoms with Crippen LogP contribution in [0.2, 0.25) is 0 Å². The van der Waals surface area contributed by atoms with E-state index < -0.39 is 12.1 Å². The number of aliphatic carboxylic acids is 1. The molecule has 1 aromatic carbocycles. The molecule has 3 heterocycles. The zero-order valence-corrected chi connectivity index (χ0v) is 16.4. The van der Waals surface area contributed by atoms with Gasteiger partial charge in [-0.05, 0) is 44.0 Å². The minimum absolute atomic E-state index is 0.0797. The second-order valence-electron chi connectivity index (χ2n) is 6.90. The van der Waals surface area contributed by atoms with Gasteiger partial charge >= 0.3 is 12.1 Å². The van der Waals surface area contributed by atoms with Crippen molar-refractivity contribution in [3.8, 4) is 11.3 Å². The summed E-state index contributed by atoms with van der Waals surface area (Å²) in [7, 11) is 0.